The Balaban J connectivity index is 2.74. The highest BCUT2D eigenvalue weighted by Gasteiger charge is 2.59. The highest BCUT2D eigenvalue weighted by molar-refractivity contribution is 4.90. The summed E-state index contributed by atoms with van der Waals surface area (Å²) < 4.78 is 55.3. The molecule has 1 heterocycles. The molecule has 0 bridgehead atoms. The summed E-state index contributed by atoms with van der Waals surface area (Å²) in [6.07, 6.45) is -4.45. The monoisotopic (exact) mass is 172 g/mol. The van der Waals surface area contributed by atoms with Crippen molar-refractivity contribution in [2.75, 3.05) is 0 Å². The first-order valence-electron chi connectivity index (χ1n) is 2.64. The molecule has 0 aromatic carbocycles. The fourth-order valence-electron chi connectivity index (χ4n) is 0.518. The van der Waals surface area contributed by atoms with Crippen LogP contribution in [0.25, 0.3) is 0 Å². The summed E-state index contributed by atoms with van der Waals surface area (Å²) in [5, 5.41) is 0. The first-order chi connectivity index (χ1) is 4.85. The number of hydrogen-bond donors (Lipinski definition) is 0. The van der Waals surface area contributed by atoms with Crippen LogP contribution in [-0.4, -0.2) is 12.0 Å². The van der Waals surface area contributed by atoms with Gasteiger partial charge >= 0.3 is 18.0 Å². The highest BCUT2D eigenvalue weighted by Crippen LogP contribution is 2.39. The normalized spacial score (nSPS) is 30.8. The summed E-state index contributed by atoms with van der Waals surface area (Å²) in [4.78, 5) is 0. The van der Waals surface area contributed by atoms with Gasteiger partial charge < -0.3 is 9.47 Å². The Bertz CT molecular complexity index is 197. The van der Waals surface area contributed by atoms with E-state index < -0.39 is 18.0 Å². The maximum atomic E-state index is 12.0. The van der Waals surface area contributed by atoms with Crippen LogP contribution in [-0.2, 0) is 9.47 Å². The number of hydrogen-bond acceptors (Lipinski definition) is 2. The van der Waals surface area contributed by atoms with Crippen molar-refractivity contribution in [3.8, 4) is 0 Å². The minimum atomic E-state index is -4.74. The van der Waals surface area contributed by atoms with E-state index in [1.54, 1.807) is 0 Å². The van der Waals surface area contributed by atoms with Gasteiger partial charge in [-0.2, -0.15) is 17.6 Å². The van der Waals surface area contributed by atoms with Crippen LogP contribution in [0, 0.1) is 0 Å². The Kier molecular flexibility index (Phi) is 1.50. The van der Waals surface area contributed by atoms with E-state index in [1.165, 1.54) is 0 Å². The SMILES string of the molecule is CC1(C(F)(F)F)OC=C(F)O1. The molecule has 1 atom stereocenters. The van der Waals surface area contributed by atoms with Gasteiger partial charge in [0, 0.05) is 6.92 Å². The summed E-state index contributed by atoms with van der Waals surface area (Å²) in [6, 6.07) is -1.37. The molecular weight excluding hydrogens is 168 g/mol. The minimum absolute atomic E-state index is 0.285. The molecule has 0 aromatic heterocycles. The van der Waals surface area contributed by atoms with Crippen LogP contribution in [0.15, 0.2) is 12.3 Å². The van der Waals surface area contributed by atoms with Crippen molar-refractivity contribution in [1.29, 1.82) is 0 Å². The molecule has 1 rings (SSSR count). The molecule has 0 aromatic rings. The number of ether oxygens (including phenoxy) is 2. The van der Waals surface area contributed by atoms with Crippen molar-refractivity contribution in [2.24, 2.45) is 0 Å². The molecule has 0 amide bonds. The largest absolute Gasteiger partial charge is 0.467 e. The molecule has 2 nitrogen and oxygen atoms in total. The summed E-state index contributed by atoms with van der Waals surface area (Å²) in [5.41, 5.74) is 0. The van der Waals surface area contributed by atoms with Crippen LogP contribution >= 0.6 is 0 Å². The lowest BCUT2D eigenvalue weighted by atomic mass is 10.3. The van der Waals surface area contributed by atoms with Crippen molar-refractivity contribution in [3.05, 3.63) is 12.3 Å². The van der Waals surface area contributed by atoms with Crippen molar-refractivity contribution < 1.29 is 27.0 Å². The third kappa shape index (κ3) is 1.24. The summed E-state index contributed by atoms with van der Waals surface area (Å²) >= 11 is 0. The summed E-state index contributed by atoms with van der Waals surface area (Å²) in [7, 11) is 0. The van der Waals surface area contributed by atoms with Gasteiger partial charge in [-0.05, 0) is 0 Å². The molecule has 0 N–H and O–H groups in total. The fraction of sp³-hybridized carbons (Fsp3) is 0.600. The van der Waals surface area contributed by atoms with E-state index in [2.05, 4.69) is 9.47 Å². The zero-order chi connectivity index (χ0) is 8.70. The maximum Gasteiger partial charge on any atom is 0.467 e. The summed E-state index contributed by atoms with van der Waals surface area (Å²) in [5.74, 6) is -2.86. The Morgan fingerprint density at radius 2 is 2.00 bits per heavy atom. The van der Waals surface area contributed by atoms with Crippen LogP contribution in [0.5, 0.6) is 0 Å². The first kappa shape index (κ1) is 8.16. The molecule has 6 heteroatoms. The van der Waals surface area contributed by atoms with Gasteiger partial charge in [-0.1, -0.05) is 0 Å². The molecule has 0 saturated heterocycles. The van der Waals surface area contributed by atoms with E-state index in [0.717, 1.165) is 0 Å². The second-order valence-corrected chi connectivity index (χ2v) is 2.09. The Morgan fingerprint density at radius 3 is 2.18 bits per heavy atom. The van der Waals surface area contributed by atoms with Crippen LogP contribution < -0.4 is 0 Å². The Labute approximate surface area is 59.4 Å². The Morgan fingerprint density at radius 1 is 1.45 bits per heavy atom. The second-order valence-electron chi connectivity index (χ2n) is 2.09. The van der Waals surface area contributed by atoms with E-state index in [-0.39, 0.29) is 6.26 Å². The van der Waals surface area contributed by atoms with Crippen molar-refractivity contribution in [1.82, 2.24) is 0 Å². The average molecular weight is 172 g/mol. The average Bonchev–Trinajstić information content (AvgIpc) is 2.10. The molecule has 0 aliphatic carbocycles. The topological polar surface area (TPSA) is 18.5 Å². The lowest BCUT2D eigenvalue weighted by Gasteiger charge is -2.24. The van der Waals surface area contributed by atoms with Crippen LogP contribution in [0.2, 0.25) is 0 Å². The molecule has 1 unspecified atom stereocenters. The quantitative estimate of drug-likeness (QED) is 0.521. The fourth-order valence-corrected chi connectivity index (χ4v) is 0.518. The lowest BCUT2D eigenvalue weighted by Crippen LogP contribution is -2.43. The van der Waals surface area contributed by atoms with Gasteiger partial charge in [0.05, 0.1) is 0 Å². The smallest absolute Gasteiger partial charge is 0.446 e. The van der Waals surface area contributed by atoms with E-state index in [1.807, 2.05) is 0 Å². The van der Waals surface area contributed by atoms with Crippen molar-refractivity contribution in [2.45, 2.75) is 18.9 Å². The van der Waals surface area contributed by atoms with Crippen LogP contribution in [0.4, 0.5) is 17.6 Å². The van der Waals surface area contributed by atoms with Gasteiger partial charge in [0.25, 0.3) is 0 Å². The molecule has 0 fully saturated rings. The van der Waals surface area contributed by atoms with Gasteiger partial charge in [0.2, 0.25) is 0 Å². The molecule has 64 valence electrons. The maximum absolute atomic E-state index is 12.0. The highest BCUT2D eigenvalue weighted by atomic mass is 19.4. The molecule has 0 spiro atoms. The van der Waals surface area contributed by atoms with Crippen LogP contribution in [0.3, 0.4) is 0 Å². The minimum Gasteiger partial charge on any atom is -0.446 e. The van der Waals surface area contributed by atoms with Crippen LogP contribution in [0.1, 0.15) is 6.92 Å². The van der Waals surface area contributed by atoms with E-state index in [0.29, 0.717) is 6.92 Å². The van der Waals surface area contributed by atoms with Gasteiger partial charge in [-0.25, -0.2) is 0 Å². The van der Waals surface area contributed by atoms with E-state index in [9.17, 15) is 17.6 Å². The van der Waals surface area contributed by atoms with Crippen molar-refractivity contribution >= 4 is 0 Å². The molecular formula is C5H4F4O2. The molecule has 1 aliphatic rings. The predicted molar refractivity (Wildman–Crippen MR) is 25.8 cm³/mol. The molecule has 11 heavy (non-hydrogen) atoms. The van der Waals surface area contributed by atoms with Gasteiger partial charge in [-0.15, -0.1) is 0 Å². The number of rotatable bonds is 0. The zero-order valence-electron chi connectivity index (χ0n) is 5.41. The standard InChI is InChI=1S/C5H4F4O2/c1-4(5(7,8)9)10-2-3(6)11-4/h2H,1H3. The number of halogens is 4. The van der Waals surface area contributed by atoms with E-state index in [4.69, 9.17) is 0 Å². The van der Waals surface area contributed by atoms with E-state index >= 15 is 0 Å². The molecule has 0 radical (unpaired) electrons. The molecule has 0 saturated carbocycles. The van der Waals surface area contributed by atoms with Gasteiger partial charge in [-0.3, -0.25) is 0 Å². The Hall–Kier alpha value is -0.940. The summed E-state index contributed by atoms with van der Waals surface area (Å²) in [6.45, 7) is 0.593. The second kappa shape index (κ2) is 2.02. The zero-order valence-corrected chi connectivity index (χ0v) is 5.41. The third-order valence-corrected chi connectivity index (χ3v) is 1.18. The predicted octanol–water partition coefficient (Wildman–Crippen LogP) is 2.08. The van der Waals surface area contributed by atoms with Crippen molar-refractivity contribution in [3.63, 3.8) is 0 Å². The van der Waals surface area contributed by atoms with Gasteiger partial charge in [0.1, 0.15) is 0 Å². The molecule has 1 aliphatic heterocycles. The van der Waals surface area contributed by atoms with Gasteiger partial charge in [0.15, 0.2) is 6.26 Å². The number of alkyl halides is 3. The lowest BCUT2D eigenvalue weighted by molar-refractivity contribution is -0.333. The first-order valence-corrected chi connectivity index (χ1v) is 2.64. The third-order valence-electron chi connectivity index (χ3n) is 1.18.